The van der Waals surface area contributed by atoms with Gasteiger partial charge in [0.1, 0.15) is 0 Å². The molecule has 0 bridgehead atoms. The van der Waals surface area contributed by atoms with Crippen LogP contribution in [-0.2, 0) is 4.79 Å². The molecule has 0 saturated carbocycles. The lowest BCUT2D eigenvalue weighted by atomic mass is 9.95. The molecule has 0 spiro atoms. The number of carbonyl (C=O) groups is 1. The largest absolute Gasteiger partial charge is 0.390 e. The van der Waals surface area contributed by atoms with E-state index in [4.69, 9.17) is 5.73 Å². The number of aliphatic hydroxyl groups is 1. The number of likely N-dealkylation sites (tertiary alicyclic amines) is 1. The second-order valence-electron chi connectivity index (χ2n) is 5.08. The number of rotatable bonds is 4. The molecule has 1 amide bonds. The smallest absolute Gasteiger partial charge is 0.220 e. The van der Waals surface area contributed by atoms with Crippen LogP contribution in [0.15, 0.2) is 0 Å². The third-order valence-corrected chi connectivity index (χ3v) is 3.03. The first-order valence-electron chi connectivity index (χ1n) is 5.62. The lowest BCUT2D eigenvalue weighted by Gasteiger charge is -2.32. The predicted molar refractivity (Wildman–Crippen MR) is 59.3 cm³/mol. The van der Waals surface area contributed by atoms with Crippen LogP contribution in [0.3, 0.4) is 0 Å². The molecule has 0 aliphatic carbocycles. The van der Waals surface area contributed by atoms with Crippen LogP contribution >= 0.6 is 0 Å². The number of carbonyl (C=O) groups excluding carboxylic acids is 1. The Hall–Kier alpha value is -0.610. The summed E-state index contributed by atoms with van der Waals surface area (Å²) in [7, 11) is 0. The van der Waals surface area contributed by atoms with Crippen molar-refractivity contribution in [3.8, 4) is 0 Å². The van der Waals surface area contributed by atoms with Gasteiger partial charge < -0.3 is 15.7 Å². The van der Waals surface area contributed by atoms with E-state index in [1.807, 2.05) is 13.8 Å². The maximum absolute atomic E-state index is 10.9. The van der Waals surface area contributed by atoms with Crippen LogP contribution in [0.25, 0.3) is 0 Å². The van der Waals surface area contributed by atoms with Gasteiger partial charge in [-0.1, -0.05) is 0 Å². The van der Waals surface area contributed by atoms with Crippen molar-refractivity contribution in [2.24, 2.45) is 11.7 Å². The molecule has 1 heterocycles. The highest BCUT2D eigenvalue weighted by Crippen LogP contribution is 2.18. The van der Waals surface area contributed by atoms with Gasteiger partial charge in [0.05, 0.1) is 5.60 Å². The maximum Gasteiger partial charge on any atom is 0.220 e. The molecule has 0 unspecified atom stereocenters. The summed E-state index contributed by atoms with van der Waals surface area (Å²) in [5.41, 5.74) is 4.66. The molecule has 1 rings (SSSR count). The van der Waals surface area contributed by atoms with E-state index < -0.39 is 5.60 Å². The highest BCUT2D eigenvalue weighted by atomic mass is 16.3. The molecule has 4 nitrogen and oxygen atoms in total. The highest BCUT2D eigenvalue weighted by molar-refractivity contribution is 5.76. The van der Waals surface area contributed by atoms with E-state index in [0.717, 1.165) is 38.9 Å². The van der Waals surface area contributed by atoms with Gasteiger partial charge in [-0.25, -0.2) is 0 Å². The Morgan fingerprint density at radius 3 is 2.40 bits per heavy atom. The summed E-state index contributed by atoms with van der Waals surface area (Å²) < 4.78 is 0. The van der Waals surface area contributed by atoms with Gasteiger partial charge in [-0.2, -0.15) is 0 Å². The normalized spacial score (nSPS) is 20.5. The van der Waals surface area contributed by atoms with E-state index in [0.29, 0.717) is 0 Å². The van der Waals surface area contributed by atoms with Gasteiger partial charge in [-0.15, -0.1) is 0 Å². The van der Waals surface area contributed by atoms with Gasteiger partial charge in [0.2, 0.25) is 5.91 Å². The number of nitrogens with zero attached hydrogens (tertiary/aromatic N) is 1. The second-order valence-corrected chi connectivity index (χ2v) is 5.08. The molecular weight excluding hydrogens is 192 g/mol. The van der Waals surface area contributed by atoms with Gasteiger partial charge in [-0.3, -0.25) is 4.79 Å². The van der Waals surface area contributed by atoms with Gasteiger partial charge in [0.25, 0.3) is 0 Å². The molecule has 0 aromatic heterocycles. The SMILES string of the molecule is CC(C)(O)CCN1CCC(C(N)=O)CC1. The molecule has 0 atom stereocenters. The van der Waals surface area contributed by atoms with Crippen molar-refractivity contribution in [2.75, 3.05) is 19.6 Å². The van der Waals surface area contributed by atoms with Crippen LogP contribution in [-0.4, -0.2) is 41.1 Å². The molecule has 4 heteroatoms. The Labute approximate surface area is 91.4 Å². The summed E-state index contributed by atoms with van der Waals surface area (Å²) in [4.78, 5) is 13.2. The first kappa shape index (κ1) is 12.5. The second kappa shape index (κ2) is 4.94. The Kier molecular flexibility index (Phi) is 4.11. The van der Waals surface area contributed by atoms with Crippen LogP contribution in [0, 0.1) is 5.92 Å². The van der Waals surface area contributed by atoms with Crippen LogP contribution in [0.1, 0.15) is 33.1 Å². The summed E-state index contributed by atoms with van der Waals surface area (Å²) in [6.45, 7) is 6.38. The van der Waals surface area contributed by atoms with Crippen molar-refractivity contribution in [2.45, 2.75) is 38.7 Å². The van der Waals surface area contributed by atoms with E-state index in [2.05, 4.69) is 4.90 Å². The van der Waals surface area contributed by atoms with Gasteiger partial charge in [-0.05, 0) is 46.2 Å². The average Bonchev–Trinajstić information content (AvgIpc) is 2.14. The van der Waals surface area contributed by atoms with Crippen molar-refractivity contribution in [1.82, 2.24) is 4.90 Å². The molecule has 1 aliphatic heterocycles. The zero-order valence-electron chi connectivity index (χ0n) is 9.70. The Morgan fingerprint density at radius 1 is 1.47 bits per heavy atom. The first-order valence-corrected chi connectivity index (χ1v) is 5.62. The minimum absolute atomic E-state index is 0.0587. The van der Waals surface area contributed by atoms with Crippen LogP contribution in [0.4, 0.5) is 0 Å². The van der Waals surface area contributed by atoms with Crippen molar-refractivity contribution in [3.63, 3.8) is 0 Å². The maximum atomic E-state index is 10.9. The van der Waals surface area contributed by atoms with Crippen molar-refractivity contribution in [3.05, 3.63) is 0 Å². The molecule has 0 aromatic rings. The standard InChI is InChI=1S/C11H22N2O2/c1-11(2,15)5-8-13-6-3-9(4-7-13)10(12)14/h9,15H,3-8H2,1-2H3,(H2,12,14). The highest BCUT2D eigenvalue weighted by Gasteiger charge is 2.24. The monoisotopic (exact) mass is 214 g/mol. The van der Waals surface area contributed by atoms with Crippen LogP contribution in [0.2, 0.25) is 0 Å². The zero-order chi connectivity index (χ0) is 11.5. The summed E-state index contributed by atoms with van der Waals surface area (Å²) in [6, 6.07) is 0. The van der Waals surface area contributed by atoms with E-state index in [1.165, 1.54) is 0 Å². The number of primary amides is 1. The third-order valence-electron chi connectivity index (χ3n) is 3.03. The summed E-state index contributed by atoms with van der Waals surface area (Å²) in [5, 5.41) is 9.59. The molecular formula is C11H22N2O2. The first-order chi connectivity index (χ1) is 6.88. The van der Waals surface area contributed by atoms with Gasteiger partial charge in [0, 0.05) is 12.5 Å². The predicted octanol–water partition coefficient (Wildman–Crippen LogP) is 0.345. The molecule has 88 valence electrons. The Balaban J connectivity index is 2.23. The summed E-state index contributed by atoms with van der Waals surface area (Å²) in [5.74, 6) is -0.111. The molecule has 0 aromatic carbocycles. The molecule has 0 radical (unpaired) electrons. The Bertz CT molecular complexity index is 215. The molecule has 1 aliphatic rings. The molecule has 1 saturated heterocycles. The van der Waals surface area contributed by atoms with E-state index in [1.54, 1.807) is 0 Å². The van der Waals surface area contributed by atoms with E-state index in [-0.39, 0.29) is 11.8 Å². The number of hydrogen-bond acceptors (Lipinski definition) is 3. The summed E-state index contributed by atoms with van der Waals surface area (Å²) in [6.07, 6.45) is 2.50. The van der Waals surface area contributed by atoms with Crippen molar-refractivity contribution >= 4 is 5.91 Å². The molecule has 3 N–H and O–H groups in total. The van der Waals surface area contributed by atoms with E-state index in [9.17, 15) is 9.90 Å². The Morgan fingerprint density at radius 2 is 2.00 bits per heavy atom. The quantitative estimate of drug-likeness (QED) is 0.709. The summed E-state index contributed by atoms with van der Waals surface area (Å²) >= 11 is 0. The number of amides is 1. The van der Waals surface area contributed by atoms with Crippen molar-refractivity contribution < 1.29 is 9.90 Å². The fourth-order valence-corrected chi connectivity index (χ4v) is 1.87. The molecule has 1 fully saturated rings. The third kappa shape index (κ3) is 4.62. The fraction of sp³-hybridized carbons (Fsp3) is 0.909. The van der Waals surface area contributed by atoms with Crippen molar-refractivity contribution in [1.29, 1.82) is 0 Å². The minimum Gasteiger partial charge on any atom is -0.390 e. The van der Waals surface area contributed by atoms with Gasteiger partial charge >= 0.3 is 0 Å². The lowest BCUT2D eigenvalue weighted by molar-refractivity contribution is -0.123. The average molecular weight is 214 g/mol. The molecule has 15 heavy (non-hydrogen) atoms. The fourth-order valence-electron chi connectivity index (χ4n) is 1.87. The van der Waals surface area contributed by atoms with Crippen LogP contribution in [0.5, 0.6) is 0 Å². The van der Waals surface area contributed by atoms with Crippen LogP contribution < -0.4 is 5.73 Å². The number of hydrogen-bond donors (Lipinski definition) is 2. The number of piperidine rings is 1. The topological polar surface area (TPSA) is 66.6 Å². The van der Waals surface area contributed by atoms with Gasteiger partial charge in [0.15, 0.2) is 0 Å². The minimum atomic E-state index is -0.597. The van der Waals surface area contributed by atoms with E-state index >= 15 is 0 Å². The number of nitrogens with two attached hydrogens (primary N) is 1. The lowest BCUT2D eigenvalue weighted by Crippen LogP contribution is -2.40. The zero-order valence-corrected chi connectivity index (χ0v) is 9.70.